The Bertz CT molecular complexity index is 834. The second-order valence-corrected chi connectivity index (χ2v) is 6.54. The summed E-state index contributed by atoms with van der Waals surface area (Å²) in [6.45, 7) is 4.59. The number of hydrogen-bond acceptors (Lipinski definition) is 6. The third-order valence-electron chi connectivity index (χ3n) is 4.13. The van der Waals surface area contributed by atoms with E-state index in [1.807, 2.05) is 38.1 Å². The first-order valence-electron chi connectivity index (χ1n) is 9.28. The highest BCUT2D eigenvalue weighted by molar-refractivity contribution is 5.94. The van der Waals surface area contributed by atoms with Gasteiger partial charge in [0.15, 0.2) is 18.1 Å². The molecule has 2 aromatic rings. The second-order valence-electron chi connectivity index (χ2n) is 6.54. The van der Waals surface area contributed by atoms with Crippen molar-refractivity contribution in [3.63, 3.8) is 0 Å². The van der Waals surface area contributed by atoms with Crippen LogP contribution in [0.15, 0.2) is 42.5 Å². The van der Waals surface area contributed by atoms with E-state index in [1.165, 1.54) is 14.2 Å². The lowest BCUT2D eigenvalue weighted by Gasteiger charge is -2.14. The first-order chi connectivity index (χ1) is 13.9. The van der Waals surface area contributed by atoms with Crippen LogP contribution in [-0.4, -0.2) is 38.8 Å². The van der Waals surface area contributed by atoms with Gasteiger partial charge >= 0.3 is 5.97 Å². The van der Waals surface area contributed by atoms with Crippen molar-refractivity contribution < 1.29 is 28.5 Å². The average molecular weight is 401 g/mol. The summed E-state index contributed by atoms with van der Waals surface area (Å²) in [4.78, 5) is 23.8. The Balaban J connectivity index is 2.03. The van der Waals surface area contributed by atoms with Crippen LogP contribution in [0.3, 0.4) is 0 Å². The van der Waals surface area contributed by atoms with E-state index in [1.54, 1.807) is 18.2 Å². The molecule has 0 aromatic heterocycles. The van der Waals surface area contributed by atoms with Crippen molar-refractivity contribution in [2.45, 2.75) is 33.1 Å². The van der Waals surface area contributed by atoms with Gasteiger partial charge in [0.05, 0.1) is 26.9 Å². The van der Waals surface area contributed by atoms with Gasteiger partial charge < -0.3 is 24.3 Å². The van der Waals surface area contributed by atoms with Crippen LogP contribution in [0.4, 0.5) is 0 Å². The number of carbonyl (C=O) groups is 2. The monoisotopic (exact) mass is 401 g/mol. The van der Waals surface area contributed by atoms with Crippen molar-refractivity contribution in [2.24, 2.45) is 0 Å². The number of methoxy groups -OCH3 is 2. The van der Waals surface area contributed by atoms with E-state index in [4.69, 9.17) is 14.2 Å². The highest BCUT2D eigenvalue weighted by atomic mass is 16.6. The Labute approximate surface area is 170 Å². The van der Waals surface area contributed by atoms with Crippen LogP contribution in [0.25, 0.3) is 0 Å². The summed E-state index contributed by atoms with van der Waals surface area (Å²) >= 11 is 0. The summed E-state index contributed by atoms with van der Waals surface area (Å²) in [5, 5.41) is 2.91. The van der Waals surface area contributed by atoms with E-state index < -0.39 is 5.97 Å². The van der Waals surface area contributed by atoms with Crippen LogP contribution in [-0.2, 0) is 27.4 Å². The number of amides is 1. The van der Waals surface area contributed by atoms with Crippen molar-refractivity contribution in [3.05, 3.63) is 59.2 Å². The second kappa shape index (κ2) is 11.1. The maximum Gasteiger partial charge on any atom is 0.343 e. The van der Waals surface area contributed by atoms with Gasteiger partial charge in [-0.15, -0.1) is 0 Å². The summed E-state index contributed by atoms with van der Waals surface area (Å²) in [6.07, 6.45) is 0.130. The molecule has 1 amide bonds. The highest BCUT2D eigenvalue weighted by Gasteiger charge is 2.13. The molecular weight excluding hydrogens is 374 g/mol. The van der Waals surface area contributed by atoms with Crippen molar-refractivity contribution in [3.8, 4) is 11.5 Å². The Morgan fingerprint density at radius 1 is 1.00 bits per heavy atom. The fourth-order valence-electron chi connectivity index (χ4n) is 2.53. The summed E-state index contributed by atoms with van der Waals surface area (Å²) in [5.41, 5.74) is 2.44. The number of carbonyl (C=O) groups excluding carboxylic acids is 2. The zero-order valence-electron chi connectivity index (χ0n) is 17.2. The standard InChI is InChI=1S/C22H27NO6/c1-15(2)28-13-18-8-6-5-7-17(18)12-23-22(25)16-9-10-19(20(11-16)26-3)29-14-21(24)27-4/h5-11,15H,12-14H2,1-4H3,(H,23,25). The normalized spacial score (nSPS) is 10.5. The minimum absolute atomic E-state index is 0.130. The molecule has 0 aliphatic rings. The summed E-state index contributed by atoms with van der Waals surface area (Å²) in [7, 11) is 2.75. The predicted molar refractivity (Wildman–Crippen MR) is 108 cm³/mol. The van der Waals surface area contributed by atoms with Gasteiger partial charge in [0, 0.05) is 12.1 Å². The van der Waals surface area contributed by atoms with Gasteiger partial charge in [0.2, 0.25) is 0 Å². The lowest BCUT2D eigenvalue weighted by atomic mass is 10.1. The lowest BCUT2D eigenvalue weighted by molar-refractivity contribution is -0.142. The SMILES string of the molecule is COC(=O)COc1ccc(C(=O)NCc2ccccc2COC(C)C)cc1OC. The van der Waals surface area contributed by atoms with Crippen LogP contribution >= 0.6 is 0 Å². The number of ether oxygens (including phenoxy) is 4. The molecule has 156 valence electrons. The van der Waals surface area contributed by atoms with Gasteiger partial charge in [-0.05, 0) is 43.2 Å². The lowest BCUT2D eigenvalue weighted by Crippen LogP contribution is -2.23. The number of nitrogens with one attached hydrogen (secondary N) is 1. The number of esters is 1. The van der Waals surface area contributed by atoms with Gasteiger partial charge in [0.25, 0.3) is 5.91 Å². The molecule has 7 heteroatoms. The van der Waals surface area contributed by atoms with Crippen LogP contribution in [0, 0.1) is 0 Å². The summed E-state index contributed by atoms with van der Waals surface area (Å²) in [6, 6.07) is 12.6. The molecule has 0 atom stereocenters. The molecule has 0 radical (unpaired) electrons. The fourth-order valence-corrected chi connectivity index (χ4v) is 2.53. The van der Waals surface area contributed by atoms with E-state index in [9.17, 15) is 9.59 Å². The Hall–Kier alpha value is -3.06. The zero-order valence-corrected chi connectivity index (χ0v) is 17.2. The van der Waals surface area contributed by atoms with Gasteiger partial charge in [-0.3, -0.25) is 4.79 Å². The van der Waals surface area contributed by atoms with Crippen LogP contribution in [0.1, 0.15) is 35.3 Å². The molecule has 0 bridgehead atoms. The minimum atomic E-state index is -0.506. The first-order valence-corrected chi connectivity index (χ1v) is 9.28. The maximum absolute atomic E-state index is 12.6. The fraction of sp³-hybridized carbons (Fsp3) is 0.364. The molecule has 2 aromatic carbocycles. The minimum Gasteiger partial charge on any atom is -0.493 e. The number of benzene rings is 2. The Morgan fingerprint density at radius 2 is 1.72 bits per heavy atom. The van der Waals surface area contributed by atoms with Gasteiger partial charge in [-0.1, -0.05) is 24.3 Å². The van der Waals surface area contributed by atoms with Crippen molar-refractivity contribution in [2.75, 3.05) is 20.8 Å². The molecule has 0 unspecified atom stereocenters. The molecule has 2 rings (SSSR count). The Kier molecular flexibility index (Phi) is 8.48. The highest BCUT2D eigenvalue weighted by Crippen LogP contribution is 2.28. The van der Waals surface area contributed by atoms with E-state index >= 15 is 0 Å². The molecule has 0 saturated heterocycles. The third kappa shape index (κ3) is 6.80. The van der Waals surface area contributed by atoms with Gasteiger partial charge in [-0.25, -0.2) is 4.79 Å². The molecule has 0 fully saturated rings. The average Bonchev–Trinajstić information content (AvgIpc) is 2.74. The molecule has 7 nitrogen and oxygen atoms in total. The molecule has 0 saturated carbocycles. The summed E-state index contributed by atoms with van der Waals surface area (Å²) in [5.74, 6) is -0.0469. The molecule has 0 spiro atoms. The number of hydrogen-bond donors (Lipinski definition) is 1. The quantitative estimate of drug-likeness (QED) is 0.616. The maximum atomic E-state index is 12.6. The molecule has 0 heterocycles. The van der Waals surface area contributed by atoms with Gasteiger partial charge in [-0.2, -0.15) is 0 Å². The molecule has 0 aliphatic carbocycles. The van der Waals surface area contributed by atoms with E-state index in [2.05, 4.69) is 10.1 Å². The zero-order chi connectivity index (χ0) is 21.2. The Morgan fingerprint density at radius 3 is 2.38 bits per heavy atom. The molecule has 1 N–H and O–H groups in total. The van der Waals surface area contributed by atoms with Crippen LogP contribution < -0.4 is 14.8 Å². The van der Waals surface area contributed by atoms with Crippen molar-refractivity contribution in [1.29, 1.82) is 0 Å². The molecule has 29 heavy (non-hydrogen) atoms. The van der Waals surface area contributed by atoms with Crippen LogP contribution in [0.2, 0.25) is 0 Å². The third-order valence-corrected chi connectivity index (χ3v) is 4.13. The van der Waals surface area contributed by atoms with Crippen molar-refractivity contribution >= 4 is 11.9 Å². The number of rotatable bonds is 10. The van der Waals surface area contributed by atoms with E-state index in [0.717, 1.165) is 11.1 Å². The van der Waals surface area contributed by atoms with E-state index in [0.29, 0.717) is 30.2 Å². The first kappa shape index (κ1) is 22.2. The smallest absolute Gasteiger partial charge is 0.343 e. The van der Waals surface area contributed by atoms with Gasteiger partial charge in [0.1, 0.15) is 0 Å². The van der Waals surface area contributed by atoms with Crippen LogP contribution in [0.5, 0.6) is 11.5 Å². The van der Waals surface area contributed by atoms with Crippen molar-refractivity contribution in [1.82, 2.24) is 5.32 Å². The molecular formula is C22H27NO6. The molecule has 0 aliphatic heterocycles. The topological polar surface area (TPSA) is 83.1 Å². The van der Waals surface area contributed by atoms with E-state index in [-0.39, 0.29) is 18.6 Å². The summed E-state index contributed by atoms with van der Waals surface area (Å²) < 4.78 is 20.8. The largest absolute Gasteiger partial charge is 0.493 e. The predicted octanol–water partition coefficient (Wildman–Crippen LogP) is 3.10.